The molecular formula is C61H120N6. The molecule has 6 aliphatic rings. The first-order valence-corrected chi connectivity index (χ1v) is 27.5. The number of piperidine rings is 1. The molecule has 5 aliphatic heterocycles. The summed E-state index contributed by atoms with van der Waals surface area (Å²) < 4.78 is 0. The minimum absolute atomic E-state index is 0.369. The summed E-state index contributed by atoms with van der Waals surface area (Å²) in [6.45, 7) is 55.9. The second-order valence-electron chi connectivity index (χ2n) is 28.3. The van der Waals surface area contributed by atoms with Gasteiger partial charge in [0, 0.05) is 57.9 Å². The maximum Gasteiger partial charge on any atom is 0.0327 e. The van der Waals surface area contributed by atoms with Crippen molar-refractivity contribution in [1.82, 2.24) is 29.8 Å². The highest BCUT2D eigenvalue weighted by atomic mass is 15.1. The highest BCUT2D eigenvalue weighted by molar-refractivity contribution is 5.16. The summed E-state index contributed by atoms with van der Waals surface area (Å²) in [4.78, 5) is 12.1. The average Bonchev–Trinajstić information content (AvgIpc) is 3.91. The van der Waals surface area contributed by atoms with Crippen LogP contribution in [0.25, 0.3) is 0 Å². The van der Waals surface area contributed by atoms with Crippen molar-refractivity contribution < 1.29 is 0 Å². The zero-order valence-electron chi connectivity index (χ0n) is 49.8. The van der Waals surface area contributed by atoms with Gasteiger partial charge in [-0.2, -0.15) is 0 Å². The molecule has 4 atom stereocenters. The van der Waals surface area contributed by atoms with Crippen LogP contribution in [0.5, 0.6) is 0 Å². The lowest BCUT2D eigenvalue weighted by molar-refractivity contribution is 0.126. The zero-order valence-corrected chi connectivity index (χ0v) is 49.8. The van der Waals surface area contributed by atoms with E-state index in [1.165, 1.54) is 97.2 Å². The Labute approximate surface area is 421 Å². The molecule has 0 aromatic heterocycles. The summed E-state index contributed by atoms with van der Waals surface area (Å²) in [5.41, 5.74) is 5.76. The van der Waals surface area contributed by atoms with Crippen molar-refractivity contribution >= 4 is 0 Å². The van der Waals surface area contributed by atoms with E-state index in [9.17, 15) is 0 Å². The molecule has 6 nitrogen and oxygen atoms in total. The molecular weight excluding hydrogens is 817 g/mol. The second kappa shape index (κ2) is 28.7. The summed E-state index contributed by atoms with van der Waals surface area (Å²) in [5, 5.41) is 3.39. The van der Waals surface area contributed by atoms with Crippen molar-refractivity contribution in [2.45, 2.75) is 195 Å². The van der Waals surface area contributed by atoms with Gasteiger partial charge in [0.1, 0.15) is 0 Å². The monoisotopic (exact) mass is 937 g/mol. The number of rotatable bonds is 3. The third-order valence-electron chi connectivity index (χ3n) is 15.3. The van der Waals surface area contributed by atoms with Gasteiger partial charge in [-0.05, 0) is 150 Å². The van der Waals surface area contributed by atoms with Crippen molar-refractivity contribution in [2.75, 3.05) is 101 Å². The van der Waals surface area contributed by atoms with E-state index in [2.05, 4.69) is 233 Å². The Morgan fingerprint density at radius 1 is 0.582 bits per heavy atom. The Morgan fingerprint density at radius 3 is 1.48 bits per heavy atom. The van der Waals surface area contributed by atoms with E-state index in [0.29, 0.717) is 44.6 Å². The molecule has 0 bridgehead atoms. The molecule has 67 heavy (non-hydrogen) atoms. The Bertz CT molecular complexity index is 1450. The first-order valence-electron chi connectivity index (χ1n) is 27.5. The first kappa shape index (κ1) is 63.7. The molecule has 0 aromatic carbocycles. The Morgan fingerprint density at radius 2 is 1.12 bits per heavy atom. The van der Waals surface area contributed by atoms with Crippen molar-refractivity contribution in [3.63, 3.8) is 0 Å². The molecule has 1 N–H and O–H groups in total. The van der Waals surface area contributed by atoms with E-state index in [-0.39, 0.29) is 0 Å². The summed E-state index contributed by atoms with van der Waals surface area (Å²) in [6.07, 6.45) is 24.8. The molecule has 1 aliphatic carbocycles. The second-order valence-corrected chi connectivity index (χ2v) is 28.3. The van der Waals surface area contributed by atoms with Crippen molar-refractivity contribution in [3.05, 3.63) is 47.6 Å². The zero-order chi connectivity index (χ0) is 51.6. The quantitative estimate of drug-likeness (QED) is 0.284. The normalized spacial score (nSPS) is 25.2. The van der Waals surface area contributed by atoms with Crippen LogP contribution in [0.4, 0.5) is 0 Å². The summed E-state index contributed by atoms with van der Waals surface area (Å²) in [7, 11) is 11.0. The minimum Gasteiger partial charge on any atom is -0.309 e. The van der Waals surface area contributed by atoms with Crippen LogP contribution in [-0.4, -0.2) is 137 Å². The van der Waals surface area contributed by atoms with Crippen molar-refractivity contribution in [1.29, 1.82) is 0 Å². The SMILES string of the molecule is CC(C)(C)C1C=CCN1.CCN1CCC=C(C(C)(C)C)C1.CN(C)CC1CCCC(C(C)(C)C)C1.CN1CC=CC1C(C)(C)C.CN1CCC(C(C)(C)C)CC1.CN1CCC=C(C(C)(C)C)C1. The molecule has 394 valence electrons. The molecule has 1 saturated heterocycles. The topological polar surface area (TPSA) is 28.2 Å². The predicted octanol–water partition coefficient (Wildman–Crippen LogP) is 14.2. The van der Waals surface area contributed by atoms with Gasteiger partial charge < -0.3 is 20.0 Å². The van der Waals surface area contributed by atoms with E-state index in [1.807, 2.05) is 0 Å². The highest BCUT2D eigenvalue weighted by Gasteiger charge is 2.31. The van der Waals surface area contributed by atoms with Gasteiger partial charge in [0.2, 0.25) is 0 Å². The van der Waals surface area contributed by atoms with E-state index in [4.69, 9.17) is 0 Å². The average molecular weight is 938 g/mol. The third-order valence-corrected chi connectivity index (χ3v) is 15.3. The van der Waals surface area contributed by atoms with Crippen LogP contribution in [0.1, 0.15) is 183 Å². The van der Waals surface area contributed by atoms with Crippen LogP contribution in [-0.2, 0) is 0 Å². The number of likely N-dealkylation sites (N-methyl/N-ethyl adjacent to an activating group) is 3. The van der Waals surface area contributed by atoms with Gasteiger partial charge in [0.05, 0.1) is 0 Å². The molecule has 1 saturated carbocycles. The molecule has 0 amide bonds. The number of likely N-dealkylation sites (tertiary alicyclic amines) is 1. The minimum atomic E-state index is 0.369. The first-order chi connectivity index (χ1) is 30.5. The van der Waals surface area contributed by atoms with Gasteiger partial charge in [-0.15, -0.1) is 0 Å². The van der Waals surface area contributed by atoms with E-state index in [1.54, 1.807) is 11.1 Å². The lowest BCUT2D eigenvalue weighted by Gasteiger charge is -2.38. The fourth-order valence-corrected chi connectivity index (χ4v) is 10.3. The van der Waals surface area contributed by atoms with E-state index < -0.39 is 0 Å². The summed E-state index contributed by atoms with van der Waals surface area (Å²) in [5.74, 6) is 2.84. The molecule has 4 unspecified atom stereocenters. The van der Waals surface area contributed by atoms with Crippen LogP contribution in [0.2, 0.25) is 0 Å². The lowest BCUT2D eigenvalue weighted by Crippen LogP contribution is -2.36. The Balaban J connectivity index is 0.000000404. The van der Waals surface area contributed by atoms with Gasteiger partial charge in [0.15, 0.2) is 0 Å². The fraction of sp³-hybridized carbons (Fsp3) is 0.869. The maximum absolute atomic E-state index is 3.39. The van der Waals surface area contributed by atoms with Gasteiger partial charge in [-0.1, -0.05) is 186 Å². The lowest BCUT2D eigenvalue weighted by atomic mass is 9.69. The van der Waals surface area contributed by atoms with Gasteiger partial charge >= 0.3 is 0 Å². The van der Waals surface area contributed by atoms with E-state index >= 15 is 0 Å². The summed E-state index contributed by atoms with van der Waals surface area (Å²) in [6, 6.07) is 1.21. The molecule has 5 heterocycles. The van der Waals surface area contributed by atoms with Crippen LogP contribution in [0.3, 0.4) is 0 Å². The van der Waals surface area contributed by atoms with Crippen molar-refractivity contribution in [3.8, 4) is 0 Å². The third kappa shape index (κ3) is 26.7. The largest absolute Gasteiger partial charge is 0.309 e. The Hall–Kier alpha value is -1.28. The number of hydrogen-bond acceptors (Lipinski definition) is 6. The highest BCUT2D eigenvalue weighted by Crippen LogP contribution is 2.40. The number of hydrogen-bond donors (Lipinski definition) is 1. The molecule has 0 radical (unpaired) electrons. The van der Waals surface area contributed by atoms with Crippen LogP contribution in [0, 0.1) is 50.2 Å². The fourth-order valence-electron chi connectivity index (χ4n) is 10.3. The number of nitrogens with one attached hydrogen (secondary N) is 1. The van der Waals surface area contributed by atoms with Gasteiger partial charge in [-0.3, -0.25) is 9.80 Å². The van der Waals surface area contributed by atoms with Crippen LogP contribution < -0.4 is 5.32 Å². The van der Waals surface area contributed by atoms with Crippen LogP contribution in [0.15, 0.2) is 47.6 Å². The van der Waals surface area contributed by atoms with Crippen LogP contribution >= 0.6 is 0 Å². The standard InChI is InChI=1S/C13H27N.C11H21N.C10H21N.C10H19N.C9H17N.C8H15N/c1-13(2,3)12-8-6-7-11(9-12)10-14(4)5;1-5-12-8-6-7-10(9-12)11(2,3)4;1-10(2,3)9-5-7-11(4)8-6-9;1-10(2,3)9-6-5-7-11(4)8-9;1-9(2,3)8-6-5-7-10(8)4;1-8(2,3)7-5-4-6-9-7/h11-12H,6-10H2,1-5H3;7H,5-6,8-9H2,1-4H3;9H,5-8H2,1-4H3;6H,5,7-8H2,1-4H3;5-6,8H,7H2,1-4H3;4-5,7,9H,6H2,1-3H3. The number of nitrogens with zero attached hydrogens (tertiary/aromatic N) is 5. The van der Waals surface area contributed by atoms with Gasteiger partial charge in [-0.25, -0.2) is 0 Å². The molecule has 2 fully saturated rings. The molecule has 6 rings (SSSR count). The molecule has 0 spiro atoms. The Kier molecular flexibility index (Phi) is 27.3. The van der Waals surface area contributed by atoms with Crippen molar-refractivity contribution in [2.24, 2.45) is 50.2 Å². The smallest absolute Gasteiger partial charge is 0.0327 e. The molecule has 0 aromatic rings. The maximum atomic E-state index is 3.39. The van der Waals surface area contributed by atoms with E-state index in [0.717, 1.165) is 37.4 Å². The predicted molar refractivity (Wildman–Crippen MR) is 302 cm³/mol. The van der Waals surface area contributed by atoms with Gasteiger partial charge in [0.25, 0.3) is 0 Å². The summed E-state index contributed by atoms with van der Waals surface area (Å²) >= 11 is 0. The molecule has 6 heteroatoms.